The van der Waals surface area contributed by atoms with Crippen molar-refractivity contribution < 1.29 is 5.11 Å². The van der Waals surface area contributed by atoms with Crippen LogP contribution in [0.15, 0.2) is 42.1 Å². The van der Waals surface area contributed by atoms with Gasteiger partial charge >= 0.3 is 0 Å². The summed E-state index contributed by atoms with van der Waals surface area (Å²) in [4.78, 5) is 3.39. The number of rotatable bonds is 3. The molecule has 3 unspecified atom stereocenters. The van der Waals surface area contributed by atoms with E-state index in [1.165, 1.54) is 28.5 Å². The van der Waals surface area contributed by atoms with E-state index in [-0.39, 0.29) is 12.1 Å². The van der Waals surface area contributed by atoms with Crippen LogP contribution >= 0.6 is 0 Å². The number of allylic oxidation sites excluding steroid dienone is 1. The molecule has 122 valence electrons. The van der Waals surface area contributed by atoms with Crippen molar-refractivity contribution in [1.82, 2.24) is 10.3 Å². The van der Waals surface area contributed by atoms with Gasteiger partial charge in [0.25, 0.3) is 0 Å². The van der Waals surface area contributed by atoms with E-state index < -0.39 is 0 Å². The Labute approximate surface area is 137 Å². The fourth-order valence-corrected chi connectivity index (χ4v) is 4.62. The third-order valence-electron chi connectivity index (χ3n) is 6.04. The summed E-state index contributed by atoms with van der Waals surface area (Å²) in [5.41, 5.74) is 3.96. The molecular formula is C20H26N2O. The van der Waals surface area contributed by atoms with Crippen LogP contribution in [0.4, 0.5) is 0 Å². The standard InChI is InChI=1S/C20H26N2O/c1-20(2)15-8-7-13(12-23)17(10-15)19(22-20)9-14-11-21-18-6-4-3-5-16(14)18/h3-7,11,15,17,19,21-23H,8-10,12H2,1-2H3. The molecule has 4 rings (SSSR count). The Morgan fingerprint density at radius 1 is 1.26 bits per heavy atom. The fraction of sp³-hybridized carbons (Fsp3) is 0.500. The number of aromatic nitrogens is 1. The van der Waals surface area contributed by atoms with Gasteiger partial charge in [0.05, 0.1) is 6.61 Å². The van der Waals surface area contributed by atoms with Crippen LogP contribution < -0.4 is 5.32 Å². The summed E-state index contributed by atoms with van der Waals surface area (Å²) in [6, 6.07) is 8.89. The summed E-state index contributed by atoms with van der Waals surface area (Å²) in [5, 5.41) is 15.0. The van der Waals surface area contributed by atoms with Crippen molar-refractivity contribution in [2.45, 2.75) is 44.7 Å². The summed E-state index contributed by atoms with van der Waals surface area (Å²) in [6.07, 6.45) is 7.73. The van der Waals surface area contributed by atoms with E-state index in [9.17, 15) is 5.11 Å². The summed E-state index contributed by atoms with van der Waals surface area (Å²) >= 11 is 0. The van der Waals surface area contributed by atoms with Crippen molar-refractivity contribution in [2.75, 3.05) is 6.61 Å². The topological polar surface area (TPSA) is 48.0 Å². The Balaban J connectivity index is 1.66. The molecule has 1 aromatic heterocycles. The van der Waals surface area contributed by atoms with Crippen LogP contribution in [0.5, 0.6) is 0 Å². The van der Waals surface area contributed by atoms with E-state index in [1.54, 1.807) is 0 Å². The number of hydrogen-bond donors (Lipinski definition) is 3. The molecule has 2 bridgehead atoms. The second kappa shape index (κ2) is 5.50. The Morgan fingerprint density at radius 3 is 2.91 bits per heavy atom. The molecule has 3 N–H and O–H groups in total. The van der Waals surface area contributed by atoms with Crippen LogP contribution in [0.3, 0.4) is 0 Å². The SMILES string of the molecule is CC1(C)NC(Cc2c[nH]c3ccccc23)C2CC1CC=C2CO. The molecule has 0 saturated carbocycles. The van der Waals surface area contributed by atoms with E-state index in [2.05, 4.69) is 60.7 Å². The zero-order valence-electron chi connectivity index (χ0n) is 14.0. The van der Waals surface area contributed by atoms with Crippen LogP contribution in [0.2, 0.25) is 0 Å². The molecule has 1 fully saturated rings. The van der Waals surface area contributed by atoms with E-state index in [1.807, 2.05) is 0 Å². The zero-order valence-corrected chi connectivity index (χ0v) is 14.0. The number of benzene rings is 1. The van der Waals surface area contributed by atoms with E-state index in [0.29, 0.717) is 17.9 Å². The van der Waals surface area contributed by atoms with E-state index in [4.69, 9.17) is 0 Å². The molecule has 1 aliphatic carbocycles. The molecule has 3 heteroatoms. The van der Waals surface area contributed by atoms with Gasteiger partial charge < -0.3 is 15.4 Å². The maximum atomic E-state index is 9.75. The molecule has 2 aromatic rings. The first-order valence-corrected chi connectivity index (χ1v) is 8.71. The van der Waals surface area contributed by atoms with E-state index in [0.717, 1.165) is 12.8 Å². The highest BCUT2D eigenvalue weighted by atomic mass is 16.3. The number of aliphatic hydroxyl groups excluding tert-OH is 1. The van der Waals surface area contributed by atoms with Gasteiger partial charge in [-0.2, -0.15) is 0 Å². The third-order valence-corrected chi connectivity index (χ3v) is 6.04. The monoisotopic (exact) mass is 310 g/mol. The Bertz CT molecular complexity index is 743. The van der Waals surface area contributed by atoms with Crippen molar-refractivity contribution in [3.05, 3.63) is 47.7 Å². The summed E-state index contributed by atoms with van der Waals surface area (Å²) < 4.78 is 0. The summed E-state index contributed by atoms with van der Waals surface area (Å²) in [6.45, 7) is 4.85. The average molecular weight is 310 g/mol. The number of aliphatic hydroxyl groups is 1. The molecule has 1 aliphatic heterocycles. The fourth-order valence-electron chi connectivity index (χ4n) is 4.62. The largest absolute Gasteiger partial charge is 0.392 e. The molecule has 0 amide bonds. The maximum Gasteiger partial charge on any atom is 0.0645 e. The van der Waals surface area contributed by atoms with Gasteiger partial charge in [-0.3, -0.25) is 0 Å². The smallest absolute Gasteiger partial charge is 0.0645 e. The maximum absolute atomic E-state index is 9.75. The second-order valence-corrected chi connectivity index (χ2v) is 7.75. The van der Waals surface area contributed by atoms with Crippen LogP contribution in [0.25, 0.3) is 10.9 Å². The second-order valence-electron chi connectivity index (χ2n) is 7.75. The molecule has 1 aromatic carbocycles. The highest BCUT2D eigenvalue weighted by molar-refractivity contribution is 5.83. The Hall–Kier alpha value is -1.58. The number of piperidine rings is 1. The first-order chi connectivity index (χ1) is 11.1. The van der Waals surface area contributed by atoms with E-state index >= 15 is 0 Å². The lowest BCUT2D eigenvalue weighted by Crippen LogP contribution is -2.60. The van der Waals surface area contributed by atoms with Crippen LogP contribution in [-0.2, 0) is 6.42 Å². The first-order valence-electron chi connectivity index (χ1n) is 8.71. The average Bonchev–Trinajstić information content (AvgIpc) is 2.96. The van der Waals surface area contributed by atoms with Gasteiger partial charge in [0.15, 0.2) is 0 Å². The number of aromatic amines is 1. The minimum Gasteiger partial charge on any atom is -0.392 e. The first kappa shape index (κ1) is 15.0. The predicted molar refractivity (Wildman–Crippen MR) is 94.4 cm³/mol. The normalized spacial score (nSPS) is 29.5. The molecule has 3 atom stereocenters. The molecule has 23 heavy (non-hydrogen) atoms. The van der Waals surface area contributed by atoms with Gasteiger partial charge in [0.1, 0.15) is 0 Å². The quantitative estimate of drug-likeness (QED) is 0.761. The van der Waals surface area contributed by atoms with Gasteiger partial charge in [-0.1, -0.05) is 24.3 Å². The molecule has 2 aliphatic rings. The van der Waals surface area contributed by atoms with Gasteiger partial charge in [-0.25, -0.2) is 0 Å². The molecular weight excluding hydrogens is 284 g/mol. The minimum absolute atomic E-state index is 0.158. The minimum atomic E-state index is 0.158. The molecule has 1 saturated heterocycles. The van der Waals surface area contributed by atoms with Crippen molar-refractivity contribution in [1.29, 1.82) is 0 Å². The van der Waals surface area contributed by atoms with Crippen LogP contribution in [-0.4, -0.2) is 28.3 Å². The van der Waals surface area contributed by atoms with Gasteiger partial charge in [0.2, 0.25) is 0 Å². The lowest BCUT2D eigenvalue weighted by Gasteiger charge is -2.50. The third kappa shape index (κ3) is 2.52. The number of hydrogen-bond acceptors (Lipinski definition) is 2. The van der Waals surface area contributed by atoms with Crippen LogP contribution in [0, 0.1) is 11.8 Å². The zero-order chi connectivity index (χ0) is 16.0. The number of nitrogens with one attached hydrogen (secondary N) is 2. The number of para-hydroxylation sites is 1. The van der Waals surface area contributed by atoms with Crippen LogP contribution in [0.1, 0.15) is 32.3 Å². The molecule has 2 heterocycles. The van der Waals surface area contributed by atoms with Crippen molar-refractivity contribution in [3.8, 4) is 0 Å². The highest BCUT2D eigenvalue weighted by Crippen LogP contribution is 2.42. The lowest BCUT2D eigenvalue weighted by atomic mass is 9.65. The molecule has 0 spiro atoms. The predicted octanol–water partition coefficient (Wildman–Crippen LogP) is 3.41. The molecule has 0 radical (unpaired) electrons. The van der Waals surface area contributed by atoms with Crippen molar-refractivity contribution >= 4 is 10.9 Å². The van der Waals surface area contributed by atoms with Crippen molar-refractivity contribution in [3.63, 3.8) is 0 Å². The van der Waals surface area contributed by atoms with Crippen molar-refractivity contribution in [2.24, 2.45) is 11.8 Å². The van der Waals surface area contributed by atoms with Gasteiger partial charge in [-0.15, -0.1) is 0 Å². The summed E-state index contributed by atoms with van der Waals surface area (Å²) in [7, 11) is 0. The lowest BCUT2D eigenvalue weighted by molar-refractivity contribution is 0.101. The highest BCUT2D eigenvalue weighted by Gasteiger charge is 2.44. The summed E-state index contributed by atoms with van der Waals surface area (Å²) in [5.74, 6) is 1.13. The number of H-pyrrole nitrogens is 1. The Kier molecular flexibility index (Phi) is 3.58. The molecule has 3 nitrogen and oxygen atoms in total. The Morgan fingerprint density at radius 2 is 2.09 bits per heavy atom. The van der Waals surface area contributed by atoms with Gasteiger partial charge in [-0.05, 0) is 62.1 Å². The van der Waals surface area contributed by atoms with Gasteiger partial charge in [0, 0.05) is 28.7 Å². The number of fused-ring (bicyclic) bond motifs is 3.